The summed E-state index contributed by atoms with van der Waals surface area (Å²) in [4.78, 5) is 2.33. The summed E-state index contributed by atoms with van der Waals surface area (Å²) >= 11 is 0. The molecule has 1 saturated heterocycles. The van der Waals surface area contributed by atoms with Gasteiger partial charge in [0.15, 0.2) is 0 Å². The van der Waals surface area contributed by atoms with E-state index in [1.165, 1.54) is 22.5 Å². The second-order valence-corrected chi connectivity index (χ2v) is 7.58. The van der Waals surface area contributed by atoms with Crippen LogP contribution in [0.1, 0.15) is 11.3 Å². The molecule has 1 aromatic carbocycles. The van der Waals surface area contributed by atoms with Crippen molar-refractivity contribution in [2.45, 2.75) is 18.4 Å². The maximum atomic E-state index is 13.2. The van der Waals surface area contributed by atoms with Gasteiger partial charge in [-0.05, 0) is 42.8 Å². The zero-order chi connectivity index (χ0) is 16.4. The van der Waals surface area contributed by atoms with Gasteiger partial charge >= 0.3 is 0 Å². The van der Waals surface area contributed by atoms with Gasteiger partial charge in [-0.15, -0.1) is 0 Å². The smallest absolute Gasteiger partial charge is 0.243 e. The van der Waals surface area contributed by atoms with Crippen LogP contribution < -0.4 is 0 Å². The van der Waals surface area contributed by atoms with E-state index in [2.05, 4.69) is 4.90 Å². The summed E-state index contributed by atoms with van der Waals surface area (Å²) in [5, 5.41) is 0. The average Bonchev–Trinajstić information content (AvgIpc) is 3.00. The lowest BCUT2D eigenvalue weighted by atomic mass is 10.2. The van der Waals surface area contributed by atoms with Crippen molar-refractivity contribution in [3.63, 3.8) is 0 Å². The van der Waals surface area contributed by atoms with Gasteiger partial charge in [0, 0.05) is 26.2 Å². The third kappa shape index (κ3) is 3.46. The van der Waals surface area contributed by atoms with Gasteiger partial charge in [0.2, 0.25) is 10.0 Å². The molecule has 0 bridgehead atoms. The van der Waals surface area contributed by atoms with Crippen molar-refractivity contribution < 1.29 is 17.2 Å². The molecule has 0 atom stereocenters. The fraction of sp³-hybridized carbons (Fsp3) is 0.375. The van der Waals surface area contributed by atoms with Crippen LogP contribution in [0.2, 0.25) is 0 Å². The van der Waals surface area contributed by atoms with E-state index in [1.807, 2.05) is 12.1 Å². The van der Waals surface area contributed by atoms with Crippen LogP contribution in [0.15, 0.2) is 45.9 Å². The first-order valence-electron chi connectivity index (χ1n) is 7.48. The molecule has 2 heterocycles. The molecule has 0 amide bonds. The Labute approximate surface area is 135 Å². The van der Waals surface area contributed by atoms with Crippen molar-refractivity contribution in [2.75, 3.05) is 26.2 Å². The first-order valence-corrected chi connectivity index (χ1v) is 8.92. The van der Waals surface area contributed by atoms with Crippen LogP contribution in [0.25, 0.3) is 0 Å². The van der Waals surface area contributed by atoms with Gasteiger partial charge in [0.05, 0.1) is 17.7 Å². The number of rotatable bonds is 4. The van der Waals surface area contributed by atoms with E-state index in [1.54, 1.807) is 13.2 Å². The molecule has 3 rings (SSSR count). The van der Waals surface area contributed by atoms with E-state index in [4.69, 9.17) is 4.42 Å². The minimum atomic E-state index is -3.58. The van der Waals surface area contributed by atoms with Crippen molar-refractivity contribution >= 4 is 10.0 Å². The number of aryl methyl sites for hydroxylation is 1. The third-order valence-electron chi connectivity index (χ3n) is 4.05. The van der Waals surface area contributed by atoms with Crippen molar-refractivity contribution in [2.24, 2.45) is 0 Å². The molecule has 0 aliphatic carbocycles. The predicted molar refractivity (Wildman–Crippen MR) is 83.9 cm³/mol. The van der Waals surface area contributed by atoms with Gasteiger partial charge in [-0.25, -0.2) is 12.8 Å². The summed E-state index contributed by atoms with van der Waals surface area (Å²) in [6.07, 6.45) is 1.63. The van der Waals surface area contributed by atoms with E-state index >= 15 is 0 Å². The Morgan fingerprint density at radius 1 is 1.17 bits per heavy atom. The molecule has 124 valence electrons. The maximum Gasteiger partial charge on any atom is 0.243 e. The fourth-order valence-corrected chi connectivity index (χ4v) is 4.42. The Kier molecular flexibility index (Phi) is 4.52. The van der Waals surface area contributed by atoms with Gasteiger partial charge in [-0.2, -0.15) is 4.31 Å². The van der Waals surface area contributed by atoms with Crippen LogP contribution in [0.5, 0.6) is 0 Å². The van der Waals surface area contributed by atoms with Gasteiger partial charge in [-0.1, -0.05) is 0 Å². The molecule has 0 unspecified atom stereocenters. The van der Waals surface area contributed by atoms with E-state index in [0.29, 0.717) is 38.3 Å². The van der Waals surface area contributed by atoms with Crippen LogP contribution in [0.3, 0.4) is 0 Å². The van der Waals surface area contributed by atoms with Crippen LogP contribution in [-0.2, 0) is 16.6 Å². The summed E-state index contributed by atoms with van der Waals surface area (Å²) in [6, 6.07) is 7.53. The molecular formula is C16H19FN2O3S. The van der Waals surface area contributed by atoms with Crippen LogP contribution in [0.4, 0.5) is 4.39 Å². The first-order chi connectivity index (χ1) is 11.0. The summed E-state index contributed by atoms with van der Waals surface area (Å²) < 4.78 is 45.4. The summed E-state index contributed by atoms with van der Waals surface area (Å²) in [7, 11) is -3.58. The Morgan fingerprint density at radius 3 is 2.52 bits per heavy atom. The molecule has 0 N–H and O–H groups in total. The summed E-state index contributed by atoms with van der Waals surface area (Å²) in [5.41, 5.74) is 0.433. The van der Waals surface area contributed by atoms with Crippen molar-refractivity contribution in [3.8, 4) is 0 Å². The van der Waals surface area contributed by atoms with Crippen LogP contribution in [-0.4, -0.2) is 43.8 Å². The lowest BCUT2D eigenvalue weighted by Crippen LogP contribution is -2.48. The van der Waals surface area contributed by atoms with Gasteiger partial charge in [0.25, 0.3) is 0 Å². The second-order valence-electron chi connectivity index (χ2n) is 5.67. The number of furan rings is 1. The van der Waals surface area contributed by atoms with Crippen LogP contribution in [0, 0.1) is 12.7 Å². The molecular weight excluding hydrogens is 319 g/mol. The zero-order valence-electron chi connectivity index (χ0n) is 12.9. The highest BCUT2D eigenvalue weighted by Gasteiger charge is 2.29. The Bertz CT molecular complexity index is 767. The highest BCUT2D eigenvalue weighted by molar-refractivity contribution is 7.89. The Hall–Kier alpha value is -1.70. The van der Waals surface area contributed by atoms with Crippen molar-refractivity contribution in [1.29, 1.82) is 0 Å². The number of hydrogen-bond donors (Lipinski definition) is 0. The number of benzene rings is 1. The normalized spacial score (nSPS) is 17.5. The van der Waals surface area contributed by atoms with E-state index in [9.17, 15) is 12.8 Å². The van der Waals surface area contributed by atoms with E-state index in [-0.39, 0.29) is 4.90 Å². The second kappa shape index (κ2) is 6.43. The zero-order valence-corrected chi connectivity index (χ0v) is 13.7. The average molecular weight is 338 g/mol. The summed E-state index contributed by atoms with van der Waals surface area (Å²) in [5.74, 6) is 0.445. The lowest BCUT2D eigenvalue weighted by molar-refractivity contribution is 0.171. The van der Waals surface area contributed by atoms with Gasteiger partial charge in [-0.3, -0.25) is 4.90 Å². The SMILES string of the molecule is Cc1cc(F)ccc1S(=O)(=O)N1CCN(Cc2ccco2)CC1. The maximum absolute atomic E-state index is 13.2. The minimum Gasteiger partial charge on any atom is -0.468 e. The monoisotopic (exact) mass is 338 g/mol. The molecule has 0 radical (unpaired) electrons. The molecule has 1 aliphatic heterocycles. The predicted octanol–water partition coefficient (Wildman–Crippen LogP) is 2.23. The first kappa shape index (κ1) is 16.2. The molecule has 1 fully saturated rings. The topological polar surface area (TPSA) is 53.8 Å². The van der Waals surface area contributed by atoms with E-state index < -0.39 is 15.8 Å². The highest BCUT2D eigenvalue weighted by Crippen LogP contribution is 2.22. The number of sulfonamides is 1. The number of halogens is 1. The fourth-order valence-electron chi connectivity index (χ4n) is 2.79. The molecule has 1 aliphatic rings. The molecule has 1 aromatic heterocycles. The molecule has 0 saturated carbocycles. The largest absolute Gasteiger partial charge is 0.468 e. The van der Waals surface area contributed by atoms with E-state index in [0.717, 1.165) is 5.76 Å². The minimum absolute atomic E-state index is 0.179. The number of nitrogens with zero attached hydrogens (tertiary/aromatic N) is 2. The number of hydrogen-bond acceptors (Lipinski definition) is 4. The van der Waals surface area contributed by atoms with Crippen molar-refractivity contribution in [1.82, 2.24) is 9.21 Å². The summed E-state index contributed by atoms with van der Waals surface area (Å²) in [6.45, 7) is 4.40. The number of piperazine rings is 1. The Balaban J connectivity index is 1.68. The lowest BCUT2D eigenvalue weighted by Gasteiger charge is -2.33. The highest BCUT2D eigenvalue weighted by atomic mass is 32.2. The third-order valence-corrected chi connectivity index (χ3v) is 6.10. The molecule has 0 spiro atoms. The Morgan fingerprint density at radius 2 is 1.91 bits per heavy atom. The molecule has 7 heteroatoms. The molecule has 5 nitrogen and oxygen atoms in total. The quantitative estimate of drug-likeness (QED) is 0.858. The molecule has 2 aromatic rings. The van der Waals surface area contributed by atoms with Crippen LogP contribution >= 0.6 is 0 Å². The molecule has 23 heavy (non-hydrogen) atoms. The van der Waals surface area contributed by atoms with Crippen molar-refractivity contribution in [3.05, 3.63) is 53.7 Å². The van der Waals surface area contributed by atoms with Gasteiger partial charge < -0.3 is 4.42 Å². The standard InChI is InChI=1S/C16H19FN2O3S/c1-13-11-14(17)4-5-16(13)23(20,21)19-8-6-18(7-9-19)12-15-3-2-10-22-15/h2-5,10-11H,6-9,12H2,1H3. The van der Waals surface area contributed by atoms with Gasteiger partial charge in [0.1, 0.15) is 11.6 Å².